The molecule has 1 fully saturated rings. The van der Waals surface area contributed by atoms with E-state index in [0.717, 1.165) is 32.0 Å². The second kappa shape index (κ2) is 5.41. The Morgan fingerprint density at radius 2 is 2.05 bits per heavy atom. The highest BCUT2D eigenvalue weighted by molar-refractivity contribution is 9.11. The number of hydrogen-bond donors (Lipinski definition) is 1. The molecule has 0 amide bonds. The van der Waals surface area contributed by atoms with E-state index in [-0.39, 0.29) is 0 Å². The lowest BCUT2D eigenvalue weighted by atomic mass is 10.3. The lowest BCUT2D eigenvalue weighted by Crippen LogP contribution is -2.08. The van der Waals surface area contributed by atoms with E-state index in [4.69, 9.17) is 4.74 Å². The van der Waals surface area contributed by atoms with Gasteiger partial charge in [0, 0.05) is 22.8 Å². The monoisotopic (exact) mass is 399 g/mol. The largest absolute Gasteiger partial charge is 0.495 e. The average molecular weight is 401 g/mol. The van der Waals surface area contributed by atoms with Crippen LogP contribution in [0.3, 0.4) is 0 Å². The van der Waals surface area contributed by atoms with Crippen LogP contribution in [0.4, 0.5) is 5.95 Å². The Kier molecular flexibility index (Phi) is 3.77. The number of methoxy groups -OCH3 is 1. The summed E-state index contributed by atoms with van der Waals surface area (Å²) >= 11 is 7.10. The van der Waals surface area contributed by atoms with Crippen molar-refractivity contribution in [2.24, 2.45) is 0 Å². The Hall–Kier alpha value is -1.01. The third kappa shape index (κ3) is 2.72. The Morgan fingerprint density at radius 3 is 2.70 bits per heavy atom. The van der Waals surface area contributed by atoms with Crippen molar-refractivity contribution in [2.45, 2.75) is 25.8 Å². The first-order valence-corrected chi connectivity index (χ1v) is 8.03. The van der Waals surface area contributed by atoms with Gasteiger partial charge in [-0.3, -0.25) is 4.57 Å². The molecule has 1 aliphatic carbocycles. The van der Waals surface area contributed by atoms with Gasteiger partial charge in [-0.15, -0.1) is 0 Å². The van der Waals surface area contributed by atoms with Gasteiger partial charge in [-0.2, -0.15) is 0 Å². The average Bonchev–Trinajstić information content (AvgIpc) is 3.13. The van der Waals surface area contributed by atoms with E-state index < -0.39 is 0 Å². The normalized spacial score (nSPS) is 14.4. The highest BCUT2D eigenvalue weighted by Crippen LogP contribution is 2.35. The Morgan fingerprint density at radius 1 is 1.30 bits per heavy atom. The second-order valence-corrected chi connectivity index (χ2v) is 6.64. The first kappa shape index (κ1) is 13.9. The molecular weight excluding hydrogens is 386 g/mol. The van der Waals surface area contributed by atoms with Gasteiger partial charge < -0.3 is 10.1 Å². The smallest absolute Gasteiger partial charge is 0.207 e. The summed E-state index contributed by atoms with van der Waals surface area (Å²) < 4.78 is 9.35. The molecule has 4 nitrogen and oxygen atoms in total. The van der Waals surface area contributed by atoms with Crippen molar-refractivity contribution in [1.29, 1.82) is 0 Å². The maximum atomic E-state index is 5.38. The summed E-state index contributed by atoms with van der Waals surface area (Å²) in [7, 11) is 1.67. The number of benzene rings is 1. The highest BCUT2D eigenvalue weighted by Gasteiger charge is 2.24. The molecule has 1 aliphatic rings. The van der Waals surface area contributed by atoms with E-state index in [1.165, 1.54) is 12.8 Å². The standard InChI is InChI=1S/C14H15Br2N3O/c1-8-7-19(14(17-8)18-9-3-4-9)12-6-13(20-2)11(16)5-10(12)15/h5-7,9H,3-4H2,1-2H3,(H,17,18). The van der Waals surface area contributed by atoms with E-state index in [2.05, 4.69) is 46.7 Å². The quantitative estimate of drug-likeness (QED) is 0.831. The molecule has 1 N–H and O–H groups in total. The van der Waals surface area contributed by atoms with Crippen LogP contribution in [0.2, 0.25) is 0 Å². The van der Waals surface area contributed by atoms with Gasteiger partial charge in [0.2, 0.25) is 5.95 Å². The molecule has 0 saturated heterocycles. The van der Waals surface area contributed by atoms with Crippen LogP contribution in [-0.4, -0.2) is 22.7 Å². The van der Waals surface area contributed by atoms with Crippen LogP contribution in [-0.2, 0) is 0 Å². The number of anilines is 1. The number of nitrogens with zero attached hydrogens (tertiary/aromatic N) is 2. The van der Waals surface area contributed by atoms with Gasteiger partial charge in [0.15, 0.2) is 0 Å². The van der Waals surface area contributed by atoms with Gasteiger partial charge in [0.25, 0.3) is 0 Å². The van der Waals surface area contributed by atoms with Crippen LogP contribution in [0, 0.1) is 6.92 Å². The number of nitrogens with one attached hydrogen (secondary N) is 1. The van der Waals surface area contributed by atoms with E-state index in [9.17, 15) is 0 Å². The molecule has 3 rings (SSSR count). The molecule has 0 atom stereocenters. The van der Waals surface area contributed by atoms with Gasteiger partial charge in [0.1, 0.15) is 5.75 Å². The minimum absolute atomic E-state index is 0.562. The lowest BCUT2D eigenvalue weighted by Gasteiger charge is -2.13. The van der Waals surface area contributed by atoms with E-state index >= 15 is 0 Å². The molecule has 2 aromatic rings. The summed E-state index contributed by atoms with van der Waals surface area (Å²) in [4.78, 5) is 4.56. The number of rotatable bonds is 4. The lowest BCUT2D eigenvalue weighted by molar-refractivity contribution is 0.412. The van der Waals surface area contributed by atoms with Crippen molar-refractivity contribution in [2.75, 3.05) is 12.4 Å². The van der Waals surface area contributed by atoms with Gasteiger partial charge in [-0.1, -0.05) is 0 Å². The van der Waals surface area contributed by atoms with Gasteiger partial charge in [0.05, 0.1) is 23.0 Å². The van der Waals surface area contributed by atoms with Crippen molar-refractivity contribution in [3.8, 4) is 11.4 Å². The SMILES string of the molecule is COc1cc(-n2cc(C)nc2NC2CC2)c(Br)cc1Br. The maximum Gasteiger partial charge on any atom is 0.207 e. The molecule has 0 radical (unpaired) electrons. The molecule has 106 valence electrons. The van der Waals surface area contributed by atoms with Crippen LogP contribution in [0.15, 0.2) is 27.3 Å². The molecular formula is C14H15Br2N3O. The number of hydrogen-bond acceptors (Lipinski definition) is 3. The van der Waals surface area contributed by atoms with Crippen LogP contribution >= 0.6 is 31.9 Å². The van der Waals surface area contributed by atoms with Crippen LogP contribution in [0.25, 0.3) is 5.69 Å². The number of aryl methyl sites for hydroxylation is 1. The Bertz CT molecular complexity index is 650. The topological polar surface area (TPSA) is 39.1 Å². The third-order valence-corrected chi connectivity index (χ3v) is 4.47. The summed E-state index contributed by atoms with van der Waals surface area (Å²) in [6, 6.07) is 4.55. The van der Waals surface area contributed by atoms with Gasteiger partial charge >= 0.3 is 0 Å². The summed E-state index contributed by atoms with van der Waals surface area (Å²) in [6.07, 6.45) is 4.46. The van der Waals surface area contributed by atoms with Crippen LogP contribution in [0.1, 0.15) is 18.5 Å². The van der Waals surface area contributed by atoms with Gasteiger partial charge in [-0.25, -0.2) is 4.98 Å². The van der Waals surface area contributed by atoms with E-state index in [1.807, 2.05) is 25.3 Å². The molecule has 1 saturated carbocycles. The molecule has 0 bridgehead atoms. The number of aromatic nitrogens is 2. The molecule has 1 aromatic carbocycles. The Balaban J connectivity index is 2.07. The molecule has 0 aliphatic heterocycles. The molecule has 6 heteroatoms. The summed E-state index contributed by atoms with van der Waals surface area (Å²) in [5.74, 6) is 1.68. The molecule has 0 unspecified atom stereocenters. The first-order valence-electron chi connectivity index (χ1n) is 6.44. The fraction of sp³-hybridized carbons (Fsp3) is 0.357. The zero-order valence-corrected chi connectivity index (χ0v) is 14.5. The zero-order valence-electron chi connectivity index (χ0n) is 11.3. The predicted octanol–water partition coefficient (Wildman–Crippen LogP) is 4.29. The highest BCUT2D eigenvalue weighted by atomic mass is 79.9. The van der Waals surface area contributed by atoms with E-state index in [1.54, 1.807) is 7.11 Å². The molecule has 20 heavy (non-hydrogen) atoms. The fourth-order valence-corrected chi connectivity index (χ4v) is 3.40. The summed E-state index contributed by atoms with van der Waals surface area (Å²) in [5, 5.41) is 3.46. The first-order chi connectivity index (χ1) is 9.58. The van der Waals surface area contributed by atoms with Crippen molar-refractivity contribution >= 4 is 37.8 Å². The third-order valence-electron chi connectivity index (χ3n) is 3.22. The van der Waals surface area contributed by atoms with Crippen LogP contribution < -0.4 is 10.1 Å². The number of imidazole rings is 1. The minimum atomic E-state index is 0.562. The Labute approximate surface area is 134 Å². The maximum absolute atomic E-state index is 5.38. The molecule has 0 spiro atoms. The van der Waals surface area contributed by atoms with Crippen molar-refractivity contribution in [3.05, 3.63) is 33.0 Å². The summed E-state index contributed by atoms with van der Waals surface area (Å²) in [6.45, 7) is 2.00. The minimum Gasteiger partial charge on any atom is -0.495 e. The van der Waals surface area contributed by atoms with E-state index in [0.29, 0.717) is 6.04 Å². The predicted molar refractivity (Wildman–Crippen MR) is 86.9 cm³/mol. The van der Waals surface area contributed by atoms with Crippen LogP contribution in [0.5, 0.6) is 5.75 Å². The van der Waals surface area contributed by atoms with Crippen molar-refractivity contribution < 1.29 is 4.74 Å². The second-order valence-electron chi connectivity index (χ2n) is 4.93. The van der Waals surface area contributed by atoms with Crippen molar-refractivity contribution in [1.82, 2.24) is 9.55 Å². The number of halogens is 2. The fourth-order valence-electron chi connectivity index (χ4n) is 2.05. The summed E-state index contributed by atoms with van der Waals surface area (Å²) in [5.41, 5.74) is 2.00. The van der Waals surface area contributed by atoms with Crippen molar-refractivity contribution in [3.63, 3.8) is 0 Å². The van der Waals surface area contributed by atoms with Gasteiger partial charge in [-0.05, 0) is 57.7 Å². The molecule has 1 aromatic heterocycles. The zero-order chi connectivity index (χ0) is 14.3. The number of ether oxygens (including phenoxy) is 1. The molecule has 1 heterocycles.